The molecule has 2 nitrogen and oxygen atoms in total. The second kappa shape index (κ2) is 5.06. The Balaban J connectivity index is 1.83. The van der Waals surface area contributed by atoms with Gasteiger partial charge in [-0.1, -0.05) is 37.6 Å². The van der Waals surface area contributed by atoms with Crippen molar-refractivity contribution in [2.45, 2.75) is 44.2 Å². The molecule has 2 aliphatic heterocycles. The van der Waals surface area contributed by atoms with Crippen LogP contribution in [0.2, 0.25) is 12.6 Å². The summed E-state index contributed by atoms with van der Waals surface area (Å²) < 4.78 is 0. The van der Waals surface area contributed by atoms with E-state index in [1.54, 1.807) is 11.1 Å². The van der Waals surface area contributed by atoms with Gasteiger partial charge in [-0.2, -0.15) is 0 Å². The molecule has 92 valence electrons. The van der Waals surface area contributed by atoms with Gasteiger partial charge in [0.15, 0.2) is 0 Å². The largest absolute Gasteiger partial charge is 0.385 e. The van der Waals surface area contributed by atoms with Gasteiger partial charge in [0.1, 0.15) is 0 Å². The lowest BCUT2D eigenvalue weighted by Crippen LogP contribution is -2.21. The fourth-order valence-electron chi connectivity index (χ4n) is 3.45. The minimum Gasteiger partial charge on any atom is -0.385 e. The minimum absolute atomic E-state index is 0.305. The van der Waals surface area contributed by atoms with E-state index in [0.29, 0.717) is 12.6 Å². The number of nitrogens with zero attached hydrogens (tertiary/aromatic N) is 1. The third-order valence-corrected chi connectivity index (χ3v) is 4.48. The van der Waals surface area contributed by atoms with E-state index in [1.165, 1.54) is 31.4 Å². The summed E-state index contributed by atoms with van der Waals surface area (Å²) in [4.78, 5) is 0. The Bertz CT molecular complexity index is 470. The summed E-state index contributed by atoms with van der Waals surface area (Å²) in [6.07, 6.45) is 7.01. The molecule has 0 bridgehead atoms. The van der Waals surface area contributed by atoms with Crippen LogP contribution in [0, 0.1) is 11.2 Å². The van der Waals surface area contributed by atoms with E-state index in [-0.39, 0.29) is 0 Å². The normalized spacial score (nSPS) is 19.8. The van der Waals surface area contributed by atoms with Crippen LogP contribution in [0.1, 0.15) is 36.3 Å². The third kappa shape index (κ3) is 2.12. The first-order chi connectivity index (χ1) is 8.88. The van der Waals surface area contributed by atoms with Gasteiger partial charge in [-0.3, -0.25) is 0 Å². The average Bonchev–Trinajstić information content (AvgIpc) is 2.47. The molecule has 0 radical (unpaired) electrons. The Kier molecular flexibility index (Phi) is 3.27. The zero-order chi connectivity index (χ0) is 12.4. The molecule has 1 N–H and O–H groups in total. The first-order valence-electron chi connectivity index (χ1n) is 7.14. The summed E-state index contributed by atoms with van der Waals surface area (Å²) in [7, 11) is 0. The lowest BCUT2D eigenvalue weighted by atomic mass is 9.41. The molecule has 1 saturated heterocycles. The van der Waals surface area contributed by atoms with Gasteiger partial charge in [0.25, 0.3) is 6.71 Å². The van der Waals surface area contributed by atoms with E-state index in [2.05, 4.69) is 29.5 Å². The molecule has 0 aliphatic carbocycles. The molecule has 2 heterocycles. The molecule has 0 aromatic heterocycles. The summed E-state index contributed by atoms with van der Waals surface area (Å²) >= 11 is 0. The number of hydrogen-bond acceptors (Lipinski definition) is 2. The molecule has 1 aromatic carbocycles. The van der Waals surface area contributed by atoms with Gasteiger partial charge < -0.3 is 5.32 Å². The molecule has 0 amide bonds. The summed E-state index contributed by atoms with van der Waals surface area (Å²) in [6.45, 7) is 1.41. The van der Waals surface area contributed by atoms with Crippen LogP contribution < -0.4 is 5.32 Å². The van der Waals surface area contributed by atoms with Gasteiger partial charge in [0, 0.05) is 18.2 Å². The molecule has 1 fully saturated rings. The monoisotopic (exact) mass is 238 g/mol. The summed E-state index contributed by atoms with van der Waals surface area (Å²) in [5.41, 5.74) is 4.45. The van der Waals surface area contributed by atoms with Crippen LogP contribution >= 0.6 is 0 Å². The Morgan fingerprint density at radius 2 is 2.11 bits per heavy atom. The molecule has 3 rings (SSSR count). The van der Waals surface area contributed by atoms with Gasteiger partial charge in [-0.05, 0) is 36.0 Å². The lowest BCUT2D eigenvalue weighted by molar-refractivity contribution is 0.602. The van der Waals surface area contributed by atoms with Crippen LogP contribution in [-0.4, -0.2) is 13.3 Å². The highest BCUT2D eigenvalue weighted by Crippen LogP contribution is 2.38. The zero-order valence-corrected chi connectivity index (χ0v) is 10.8. The van der Waals surface area contributed by atoms with E-state index >= 15 is 0 Å². The number of fused-ring (bicyclic) bond motifs is 1. The Morgan fingerprint density at radius 1 is 1.28 bits per heavy atom. The number of rotatable bonds is 1. The highest BCUT2D eigenvalue weighted by atomic mass is 14.9. The lowest BCUT2D eigenvalue weighted by Gasteiger charge is -2.28. The molecule has 1 aromatic rings. The van der Waals surface area contributed by atoms with Crippen molar-refractivity contribution in [2.24, 2.45) is 0 Å². The highest BCUT2D eigenvalue weighted by molar-refractivity contribution is 6.67. The van der Waals surface area contributed by atoms with Gasteiger partial charge in [0.2, 0.25) is 0 Å². The van der Waals surface area contributed by atoms with Crippen LogP contribution in [0.3, 0.4) is 0 Å². The fourth-order valence-corrected chi connectivity index (χ4v) is 3.45. The predicted molar refractivity (Wildman–Crippen MR) is 76.2 cm³/mol. The molecular weight excluding hydrogens is 219 g/mol. The quantitative estimate of drug-likeness (QED) is 0.760. The van der Waals surface area contributed by atoms with E-state index < -0.39 is 0 Å². The van der Waals surface area contributed by atoms with E-state index in [4.69, 9.17) is 5.26 Å². The fraction of sp³-hybridized carbons (Fsp3) is 0.533. The maximum absolute atomic E-state index is 8.98. The molecule has 0 spiro atoms. The van der Waals surface area contributed by atoms with Gasteiger partial charge >= 0.3 is 0 Å². The third-order valence-electron chi connectivity index (χ3n) is 4.48. The highest BCUT2D eigenvalue weighted by Gasteiger charge is 2.27. The van der Waals surface area contributed by atoms with Crippen molar-refractivity contribution < 1.29 is 0 Å². The molecule has 0 atom stereocenters. The second-order valence-corrected chi connectivity index (χ2v) is 5.58. The van der Waals surface area contributed by atoms with Gasteiger partial charge in [-0.15, -0.1) is 0 Å². The molecule has 18 heavy (non-hydrogen) atoms. The maximum atomic E-state index is 8.98. The average molecular weight is 238 g/mol. The van der Waals surface area contributed by atoms with Crippen molar-refractivity contribution in [1.29, 1.82) is 5.26 Å². The number of benzene rings is 1. The van der Waals surface area contributed by atoms with E-state index in [1.807, 2.05) is 0 Å². The SMILES string of the molecule is N#CB1CCC(c2cccc3c2CCCN3)CC1. The van der Waals surface area contributed by atoms with Crippen LogP contribution in [-0.2, 0) is 6.42 Å². The van der Waals surface area contributed by atoms with Crippen LogP contribution in [0.5, 0.6) is 0 Å². The Labute approximate surface area is 109 Å². The Hall–Kier alpha value is -1.43. The number of nitrogens with one attached hydrogen (secondary N) is 1. The van der Waals surface area contributed by atoms with Gasteiger partial charge in [-0.25, -0.2) is 5.26 Å². The van der Waals surface area contributed by atoms with Crippen LogP contribution in [0.4, 0.5) is 5.69 Å². The van der Waals surface area contributed by atoms with Crippen molar-refractivity contribution in [2.75, 3.05) is 11.9 Å². The van der Waals surface area contributed by atoms with Crippen molar-refractivity contribution in [3.8, 4) is 5.97 Å². The van der Waals surface area contributed by atoms with Crippen molar-refractivity contribution in [1.82, 2.24) is 0 Å². The topological polar surface area (TPSA) is 35.8 Å². The van der Waals surface area contributed by atoms with Crippen molar-refractivity contribution >= 4 is 12.4 Å². The zero-order valence-electron chi connectivity index (χ0n) is 10.8. The molecule has 2 aliphatic rings. The molecular formula is C15H19BN2. The van der Waals surface area contributed by atoms with Crippen LogP contribution in [0.15, 0.2) is 18.2 Å². The Morgan fingerprint density at radius 3 is 2.89 bits per heavy atom. The summed E-state index contributed by atoms with van der Waals surface area (Å²) in [5.74, 6) is 3.11. The number of anilines is 1. The smallest absolute Gasteiger partial charge is 0.267 e. The van der Waals surface area contributed by atoms with Crippen LogP contribution in [0.25, 0.3) is 0 Å². The predicted octanol–water partition coefficient (Wildman–Crippen LogP) is 3.48. The minimum atomic E-state index is 0.305. The van der Waals surface area contributed by atoms with E-state index in [9.17, 15) is 0 Å². The number of hydrogen-bond donors (Lipinski definition) is 1. The van der Waals surface area contributed by atoms with Crippen molar-refractivity contribution in [3.05, 3.63) is 29.3 Å². The maximum Gasteiger partial charge on any atom is 0.267 e. The first kappa shape index (κ1) is 11.7. The standard InChI is InChI=1S/C15H19BN2/c17-11-16-8-6-12(7-9-16)13-3-1-5-15-14(13)4-2-10-18-15/h1,3,5,12,18H,2,4,6-10H2. The van der Waals surface area contributed by atoms with Crippen molar-refractivity contribution in [3.63, 3.8) is 0 Å². The molecule has 0 unspecified atom stereocenters. The summed E-state index contributed by atoms with van der Waals surface area (Å²) in [6, 6.07) is 6.70. The summed E-state index contributed by atoms with van der Waals surface area (Å²) in [5, 5.41) is 12.5. The van der Waals surface area contributed by atoms with E-state index in [0.717, 1.165) is 19.2 Å². The second-order valence-electron chi connectivity index (χ2n) is 5.58. The molecule has 0 saturated carbocycles. The molecule has 3 heteroatoms. The van der Waals surface area contributed by atoms with Gasteiger partial charge in [0.05, 0.1) is 0 Å². The first-order valence-corrected chi connectivity index (χ1v) is 7.14. The number of nitriles is 1.